The van der Waals surface area contributed by atoms with Crippen LogP contribution in [0, 0.1) is 4.77 Å². The summed E-state index contributed by atoms with van der Waals surface area (Å²) >= 11 is 11.2. The fourth-order valence-corrected chi connectivity index (χ4v) is 3.02. The van der Waals surface area contributed by atoms with E-state index in [1.165, 1.54) is 0 Å². The van der Waals surface area contributed by atoms with Crippen LogP contribution in [0.4, 0.5) is 0 Å². The SMILES string of the molecule is CCCCc1n[nH]c(=S)n1/N=C/c1ccc(OC)c(OCc2ccc(Cl)cc2)c1. The molecule has 0 unspecified atom stereocenters. The van der Waals surface area contributed by atoms with Crippen LogP contribution in [0.15, 0.2) is 47.6 Å². The molecule has 2 aromatic carbocycles. The number of aryl methyl sites for hydroxylation is 1. The summed E-state index contributed by atoms with van der Waals surface area (Å²) in [5, 5.41) is 12.3. The molecule has 3 aromatic rings. The van der Waals surface area contributed by atoms with Crippen molar-refractivity contribution in [1.82, 2.24) is 14.9 Å². The van der Waals surface area contributed by atoms with Crippen LogP contribution in [0.3, 0.4) is 0 Å². The van der Waals surface area contributed by atoms with Gasteiger partial charge in [0.25, 0.3) is 0 Å². The lowest BCUT2D eigenvalue weighted by atomic mass is 10.2. The summed E-state index contributed by atoms with van der Waals surface area (Å²) in [7, 11) is 1.61. The zero-order valence-corrected chi connectivity index (χ0v) is 18.0. The van der Waals surface area contributed by atoms with Gasteiger partial charge in [0.2, 0.25) is 4.77 Å². The van der Waals surface area contributed by atoms with Crippen molar-refractivity contribution in [2.45, 2.75) is 32.8 Å². The fraction of sp³-hybridized carbons (Fsp3) is 0.286. The number of unbranched alkanes of at least 4 members (excludes halogenated alkanes) is 1. The number of aromatic amines is 1. The molecule has 0 bridgehead atoms. The van der Waals surface area contributed by atoms with Crippen molar-refractivity contribution >= 4 is 30.0 Å². The third-order valence-corrected chi connectivity index (χ3v) is 4.81. The largest absolute Gasteiger partial charge is 0.493 e. The predicted octanol–water partition coefficient (Wildman–Crippen LogP) is 5.41. The molecule has 0 atom stereocenters. The van der Waals surface area contributed by atoms with E-state index in [2.05, 4.69) is 22.2 Å². The first kappa shape index (κ1) is 21.1. The Morgan fingerprint density at radius 1 is 1.21 bits per heavy atom. The van der Waals surface area contributed by atoms with E-state index in [-0.39, 0.29) is 0 Å². The Labute approximate surface area is 180 Å². The van der Waals surface area contributed by atoms with E-state index in [0.717, 1.165) is 36.2 Å². The van der Waals surface area contributed by atoms with Crippen LogP contribution in [-0.2, 0) is 13.0 Å². The van der Waals surface area contributed by atoms with Gasteiger partial charge < -0.3 is 9.47 Å². The lowest BCUT2D eigenvalue weighted by Gasteiger charge is -2.11. The lowest BCUT2D eigenvalue weighted by Crippen LogP contribution is -2.00. The highest BCUT2D eigenvalue weighted by Gasteiger charge is 2.07. The monoisotopic (exact) mass is 430 g/mol. The van der Waals surface area contributed by atoms with Crippen molar-refractivity contribution < 1.29 is 9.47 Å². The van der Waals surface area contributed by atoms with E-state index in [9.17, 15) is 0 Å². The summed E-state index contributed by atoms with van der Waals surface area (Å²) in [6, 6.07) is 13.2. The molecule has 6 nitrogen and oxygen atoms in total. The van der Waals surface area contributed by atoms with Crippen LogP contribution in [0.5, 0.6) is 11.5 Å². The Morgan fingerprint density at radius 3 is 2.72 bits per heavy atom. The second kappa shape index (κ2) is 10.2. The van der Waals surface area contributed by atoms with E-state index in [1.54, 1.807) is 18.0 Å². The molecule has 0 saturated carbocycles. The van der Waals surface area contributed by atoms with Crippen molar-refractivity contribution in [3.05, 3.63) is 69.2 Å². The maximum absolute atomic E-state index is 5.96. The van der Waals surface area contributed by atoms with Crippen molar-refractivity contribution in [3.8, 4) is 11.5 Å². The van der Waals surface area contributed by atoms with Gasteiger partial charge in [-0.15, -0.1) is 0 Å². The Balaban J connectivity index is 1.78. The number of benzene rings is 2. The lowest BCUT2D eigenvalue weighted by molar-refractivity contribution is 0.284. The van der Waals surface area contributed by atoms with E-state index in [4.69, 9.17) is 33.3 Å². The van der Waals surface area contributed by atoms with Gasteiger partial charge in [-0.25, -0.2) is 0 Å². The molecule has 152 valence electrons. The first-order chi connectivity index (χ1) is 14.1. The van der Waals surface area contributed by atoms with Gasteiger partial charge in [0, 0.05) is 11.4 Å². The van der Waals surface area contributed by atoms with Gasteiger partial charge in [-0.3, -0.25) is 5.10 Å². The van der Waals surface area contributed by atoms with Gasteiger partial charge in [0.1, 0.15) is 6.61 Å². The van der Waals surface area contributed by atoms with Gasteiger partial charge in [-0.05, 0) is 60.1 Å². The number of nitrogens with one attached hydrogen (secondary N) is 1. The molecule has 0 aliphatic carbocycles. The van der Waals surface area contributed by atoms with Crippen molar-refractivity contribution in [2.75, 3.05) is 7.11 Å². The molecule has 0 saturated heterocycles. The summed E-state index contributed by atoms with van der Waals surface area (Å²) in [6.45, 7) is 2.54. The molecule has 8 heteroatoms. The molecule has 0 amide bonds. The maximum Gasteiger partial charge on any atom is 0.216 e. The summed E-state index contributed by atoms with van der Waals surface area (Å²) in [4.78, 5) is 0. The summed E-state index contributed by atoms with van der Waals surface area (Å²) in [5.41, 5.74) is 1.88. The molecule has 0 aliphatic heterocycles. The average Bonchev–Trinajstić information content (AvgIpc) is 3.09. The molecule has 1 N–H and O–H groups in total. The Bertz CT molecular complexity index is 1030. The highest BCUT2D eigenvalue weighted by atomic mass is 35.5. The van der Waals surface area contributed by atoms with E-state index >= 15 is 0 Å². The number of hydrogen-bond donors (Lipinski definition) is 1. The van der Waals surface area contributed by atoms with Crippen molar-refractivity contribution in [2.24, 2.45) is 5.10 Å². The zero-order valence-electron chi connectivity index (χ0n) is 16.4. The topological polar surface area (TPSA) is 64.4 Å². The number of H-pyrrole nitrogens is 1. The highest BCUT2D eigenvalue weighted by molar-refractivity contribution is 7.71. The predicted molar refractivity (Wildman–Crippen MR) is 118 cm³/mol. The van der Waals surface area contributed by atoms with Gasteiger partial charge >= 0.3 is 0 Å². The van der Waals surface area contributed by atoms with E-state index < -0.39 is 0 Å². The highest BCUT2D eigenvalue weighted by Crippen LogP contribution is 2.28. The van der Waals surface area contributed by atoms with Crippen LogP contribution in [0.2, 0.25) is 5.02 Å². The molecule has 0 fully saturated rings. The van der Waals surface area contributed by atoms with Gasteiger partial charge in [0.15, 0.2) is 17.3 Å². The normalized spacial score (nSPS) is 11.1. The summed E-state index contributed by atoms with van der Waals surface area (Å²) in [6.07, 6.45) is 4.66. The van der Waals surface area contributed by atoms with Crippen molar-refractivity contribution in [3.63, 3.8) is 0 Å². The number of ether oxygens (including phenoxy) is 2. The van der Waals surface area contributed by atoms with Gasteiger partial charge in [-0.2, -0.15) is 14.9 Å². The second-order valence-corrected chi connectivity index (χ2v) is 7.25. The molecule has 0 radical (unpaired) electrons. The van der Waals surface area contributed by atoms with Crippen LogP contribution < -0.4 is 9.47 Å². The average molecular weight is 431 g/mol. The number of hydrogen-bond acceptors (Lipinski definition) is 5. The molecule has 1 aromatic heterocycles. The standard InChI is InChI=1S/C21H23ClN4O2S/c1-3-4-5-20-24-25-21(29)26(20)23-13-16-8-11-18(27-2)19(12-16)28-14-15-6-9-17(22)10-7-15/h6-13H,3-5,14H2,1-2H3,(H,25,29)/b23-13+. The van der Waals surface area contributed by atoms with Gasteiger partial charge in [-0.1, -0.05) is 37.1 Å². The quantitative estimate of drug-likeness (QED) is 0.364. The molecular weight excluding hydrogens is 408 g/mol. The first-order valence-electron chi connectivity index (χ1n) is 9.36. The number of aromatic nitrogens is 3. The number of nitrogens with zero attached hydrogens (tertiary/aromatic N) is 3. The molecule has 1 heterocycles. The minimum absolute atomic E-state index is 0.405. The molecule has 3 rings (SSSR count). The zero-order chi connectivity index (χ0) is 20.6. The van der Waals surface area contributed by atoms with Crippen LogP contribution >= 0.6 is 23.8 Å². The van der Waals surface area contributed by atoms with Crippen LogP contribution in [0.1, 0.15) is 36.7 Å². The molecule has 0 aliphatic rings. The minimum atomic E-state index is 0.405. The summed E-state index contributed by atoms with van der Waals surface area (Å²) in [5.74, 6) is 2.11. The Hall–Kier alpha value is -2.64. The molecule has 29 heavy (non-hydrogen) atoms. The van der Waals surface area contributed by atoms with E-state index in [1.807, 2.05) is 42.5 Å². The first-order valence-corrected chi connectivity index (χ1v) is 10.1. The smallest absolute Gasteiger partial charge is 0.216 e. The second-order valence-electron chi connectivity index (χ2n) is 6.43. The third-order valence-electron chi connectivity index (χ3n) is 4.29. The molecule has 0 spiro atoms. The number of methoxy groups -OCH3 is 1. The van der Waals surface area contributed by atoms with E-state index in [0.29, 0.717) is 27.9 Å². The molecular formula is C21H23ClN4O2S. The van der Waals surface area contributed by atoms with Crippen LogP contribution in [-0.4, -0.2) is 28.2 Å². The Morgan fingerprint density at radius 2 is 2.00 bits per heavy atom. The third kappa shape index (κ3) is 5.68. The summed E-state index contributed by atoms with van der Waals surface area (Å²) < 4.78 is 13.5. The fourth-order valence-electron chi connectivity index (χ4n) is 2.69. The van der Waals surface area contributed by atoms with Crippen LogP contribution in [0.25, 0.3) is 0 Å². The maximum atomic E-state index is 5.96. The number of halogens is 1. The Kier molecular flexibility index (Phi) is 7.43. The van der Waals surface area contributed by atoms with Gasteiger partial charge in [0.05, 0.1) is 13.3 Å². The minimum Gasteiger partial charge on any atom is -0.493 e. The van der Waals surface area contributed by atoms with Crippen molar-refractivity contribution in [1.29, 1.82) is 0 Å². The number of rotatable bonds is 9.